The average Bonchev–Trinajstić information content (AvgIpc) is 3.08. The van der Waals surface area contributed by atoms with Gasteiger partial charge in [-0.3, -0.25) is 4.79 Å². The van der Waals surface area contributed by atoms with Crippen LogP contribution in [-0.2, 0) is 4.79 Å². The number of nitrogens with one attached hydrogen (secondary N) is 1. The Balaban J connectivity index is 1.55. The van der Waals surface area contributed by atoms with Crippen LogP contribution in [0.2, 0.25) is 5.02 Å². The molecule has 1 N–H and O–H groups in total. The average molecular weight is 345 g/mol. The largest absolute Gasteiger partial charge is 0.484 e. The molecule has 0 spiro atoms. The van der Waals surface area contributed by atoms with E-state index in [1.807, 2.05) is 29.6 Å². The van der Waals surface area contributed by atoms with Gasteiger partial charge in [0, 0.05) is 27.9 Å². The molecule has 0 radical (unpaired) electrons. The summed E-state index contributed by atoms with van der Waals surface area (Å²) in [6.45, 7) is -0.0748. The van der Waals surface area contributed by atoms with E-state index in [9.17, 15) is 4.79 Å². The van der Waals surface area contributed by atoms with Crippen LogP contribution in [0.4, 0.5) is 5.69 Å². The first kappa shape index (κ1) is 15.5. The fourth-order valence-electron chi connectivity index (χ4n) is 1.96. The maximum atomic E-state index is 11.9. The highest BCUT2D eigenvalue weighted by molar-refractivity contribution is 7.13. The third kappa shape index (κ3) is 4.31. The first-order valence-electron chi connectivity index (χ1n) is 6.89. The van der Waals surface area contributed by atoms with Crippen molar-refractivity contribution in [3.8, 4) is 16.3 Å². The fraction of sp³-hybridized carbons (Fsp3) is 0.0588. The number of hydrogen-bond acceptors (Lipinski definition) is 4. The Bertz CT molecular complexity index is 789. The normalized spacial score (nSPS) is 10.3. The van der Waals surface area contributed by atoms with E-state index in [1.165, 1.54) is 0 Å². The van der Waals surface area contributed by atoms with E-state index in [2.05, 4.69) is 10.3 Å². The Morgan fingerprint density at radius 3 is 2.74 bits per heavy atom. The molecule has 0 aliphatic rings. The number of ether oxygens (including phenoxy) is 1. The minimum Gasteiger partial charge on any atom is -0.484 e. The molecule has 1 amide bonds. The van der Waals surface area contributed by atoms with Gasteiger partial charge in [0.15, 0.2) is 6.61 Å². The third-order valence-corrected chi connectivity index (χ3v) is 4.07. The summed E-state index contributed by atoms with van der Waals surface area (Å²) in [6, 6.07) is 14.5. The van der Waals surface area contributed by atoms with Gasteiger partial charge >= 0.3 is 0 Å². The van der Waals surface area contributed by atoms with Crippen LogP contribution < -0.4 is 10.1 Å². The topological polar surface area (TPSA) is 51.2 Å². The van der Waals surface area contributed by atoms with Crippen LogP contribution in [0.3, 0.4) is 0 Å². The monoisotopic (exact) mass is 344 g/mol. The molecule has 0 aliphatic carbocycles. The number of nitrogens with zero attached hydrogens (tertiary/aromatic N) is 1. The molecule has 3 rings (SSSR count). The molecule has 0 saturated heterocycles. The van der Waals surface area contributed by atoms with Gasteiger partial charge in [0.2, 0.25) is 0 Å². The van der Waals surface area contributed by atoms with Gasteiger partial charge in [-0.05, 0) is 42.5 Å². The molecule has 0 bridgehead atoms. The molecular weight excluding hydrogens is 332 g/mol. The zero-order chi connectivity index (χ0) is 16.1. The number of carbonyl (C=O) groups excluding carboxylic acids is 1. The molecule has 116 valence electrons. The van der Waals surface area contributed by atoms with E-state index < -0.39 is 0 Å². The van der Waals surface area contributed by atoms with Crippen molar-refractivity contribution in [3.63, 3.8) is 0 Å². The first-order chi connectivity index (χ1) is 11.2. The zero-order valence-corrected chi connectivity index (χ0v) is 13.6. The lowest BCUT2D eigenvalue weighted by atomic mass is 10.2. The lowest BCUT2D eigenvalue weighted by Gasteiger charge is -2.08. The zero-order valence-electron chi connectivity index (χ0n) is 12.0. The SMILES string of the molecule is O=C(COc1cccc(Cl)c1)Nc1ccc(-c2nccs2)cc1. The van der Waals surface area contributed by atoms with Gasteiger partial charge in [0.1, 0.15) is 10.8 Å². The van der Waals surface area contributed by atoms with E-state index in [0.29, 0.717) is 16.5 Å². The van der Waals surface area contributed by atoms with Crippen molar-refractivity contribution in [2.45, 2.75) is 0 Å². The summed E-state index contributed by atoms with van der Waals surface area (Å²) < 4.78 is 5.40. The first-order valence-corrected chi connectivity index (χ1v) is 8.14. The number of amides is 1. The third-order valence-electron chi connectivity index (χ3n) is 3.01. The quantitative estimate of drug-likeness (QED) is 0.742. The highest BCUT2D eigenvalue weighted by Crippen LogP contribution is 2.23. The number of aromatic nitrogens is 1. The van der Waals surface area contributed by atoms with Crippen LogP contribution in [0.5, 0.6) is 5.75 Å². The van der Waals surface area contributed by atoms with E-state index in [-0.39, 0.29) is 12.5 Å². The molecule has 1 heterocycles. The van der Waals surface area contributed by atoms with Crippen LogP contribution in [-0.4, -0.2) is 17.5 Å². The number of thiazole rings is 1. The van der Waals surface area contributed by atoms with Crippen LogP contribution >= 0.6 is 22.9 Å². The number of halogens is 1. The molecule has 2 aromatic carbocycles. The fourth-order valence-corrected chi connectivity index (χ4v) is 2.79. The number of benzene rings is 2. The smallest absolute Gasteiger partial charge is 0.262 e. The summed E-state index contributed by atoms with van der Waals surface area (Å²) >= 11 is 7.44. The van der Waals surface area contributed by atoms with Gasteiger partial charge in [-0.2, -0.15) is 0 Å². The standard InChI is InChI=1S/C17H13ClN2O2S/c18-13-2-1-3-15(10-13)22-11-16(21)20-14-6-4-12(5-7-14)17-19-8-9-23-17/h1-10H,11H2,(H,20,21). The predicted octanol–water partition coefficient (Wildman–Crippen LogP) is 4.48. The summed E-state index contributed by atoms with van der Waals surface area (Å²) in [4.78, 5) is 16.2. The maximum absolute atomic E-state index is 11.9. The molecule has 4 nitrogen and oxygen atoms in total. The van der Waals surface area contributed by atoms with E-state index >= 15 is 0 Å². The number of anilines is 1. The molecule has 0 saturated carbocycles. The second kappa shape index (κ2) is 7.26. The summed E-state index contributed by atoms with van der Waals surface area (Å²) in [5, 5.41) is 6.24. The highest BCUT2D eigenvalue weighted by atomic mass is 35.5. The summed E-state index contributed by atoms with van der Waals surface area (Å²) in [6.07, 6.45) is 1.77. The molecule has 23 heavy (non-hydrogen) atoms. The number of hydrogen-bond donors (Lipinski definition) is 1. The lowest BCUT2D eigenvalue weighted by molar-refractivity contribution is -0.118. The van der Waals surface area contributed by atoms with Crippen LogP contribution in [0.25, 0.3) is 10.6 Å². The highest BCUT2D eigenvalue weighted by Gasteiger charge is 2.05. The summed E-state index contributed by atoms with van der Waals surface area (Å²) in [5.41, 5.74) is 1.73. The van der Waals surface area contributed by atoms with Gasteiger partial charge < -0.3 is 10.1 Å². The Kier molecular flexibility index (Phi) is 4.90. The van der Waals surface area contributed by atoms with Gasteiger partial charge in [-0.15, -0.1) is 11.3 Å². The Morgan fingerprint density at radius 2 is 2.04 bits per heavy atom. The van der Waals surface area contributed by atoms with Crippen molar-refractivity contribution in [3.05, 3.63) is 65.1 Å². The molecule has 3 aromatic rings. The van der Waals surface area contributed by atoms with Crippen LogP contribution in [0, 0.1) is 0 Å². The Morgan fingerprint density at radius 1 is 1.22 bits per heavy atom. The van der Waals surface area contributed by atoms with Gasteiger partial charge in [0.05, 0.1) is 0 Å². The Hall–Kier alpha value is -2.37. The van der Waals surface area contributed by atoms with Gasteiger partial charge in [-0.25, -0.2) is 4.98 Å². The van der Waals surface area contributed by atoms with Crippen molar-refractivity contribution in [1.29, 1.82) is 0 Å². The maximum Gasteiger partial charge on any atom is 0.262 e. The van der Waals surface area contributed by atoms with Crippen molar-refractivity contribution < 1.29 is 9.53 Å². The summed E-state index contributed by atoms with van der Waals surface area (Å²) in [5.74, 6) is 0.332. The molecular formula is C17H13ClN2O2S. The summed E-state index contributed by atoms with van der Waals surface area (Å²) in [7, 11) is 0. The molecule has 0 fully saturated rings. The van der Waals surface area contributed by atoms with Gasteiger partial charge in [-0.1, -0.05) is 17.7 Å². The van der Waals surface area contributed by atoms with Crippen molar-refractivity contribution >= 4 is 34.5 Å². The van der Waals surface area contributed by atoms with Crippen molar-refractivity contribution in [2.24, 2.45) is 0 Å². The van der Waals surface area contributed by atoms with Gasteiger partial charge in [0.25, 0.3) is 5.91 Å². The predicted molar refractivity (Wildman–Crippen MR) is 93.1 cm³/mol. The molecule has 0 atom stereocenters. The van der Waals surface area contributed by atoms with Crippen LogP contribution in [0.15, 0.2) is 60.1 Å². The molecule has 0 unspecified atom stereocenters. The van der Waals surface area contributed by atoms with E-state index in [0.717, 1.165) is 10.6 Å². The molecule has 6 heteroatoms. The second-order valence-electron chi connectivity index (χ2n) is 4.71. The molecule has 0 aliphatic heterocycles. The molecule has 1 aromatic heterocycles. The second-order valence-corrected chi connectivity index (χ2v) is 6.04. The Labute approximate surface area is 142 Å². The van der Waals surface area contributed by atoms with E-state index in [4.69, 9.17) is 16.3 Å². The van der Waals surface area contributed by atoms with Crippen molar-refractivity contribution in [2.75, 3.05) is 11.9 Å². The number of carbonyl (C=O) groups is 1. The van der Waals surface area contributed by atoms with Crippen LogP contribution in [0.1, 0.15) is 0 Å². The minimum absolute atomic E-state index is 0.0748. The lowest BCUT2D eigenvalue weighted by Crippen LogP contribution is -2.20. The number of rotatable bonds is 5. The minimum atomic E-state index is -0.230. The van der Waals surface area contributed by atoms with E-state index in [1.54, 1.807) is 41.8 Å². The van der Waals surface area contributed by atoms with Crippen molar-refractivity contribution in [1.82, 2.24) is 4.98 Å².